The second kappa shape index (κ2) is 11.0. The number of carbonyl (C=O) groups excluding carboxylic acids is 1. The maximum atomic E-state index is 12.8. The SMILES string of the molecule is CCNC(=NCc1cccc(C(=O)N2CCCCC2)c1)NCCc1ccc2c(c1)CCO2. The van der Waals surface area contributed by atoms with Crippen LogP contribution >= 0.6 is 0 Å². The summed E-state index contributed by atoms with van der Waals surface area (Å²) in [7, 11) is 0. The Labute approximate surface area is 191 Å². The third kappa shape index (κ3) is 5.81. The second-order valence-corrected chi connectivity index (χ2v) is 8.47. The van der Waals surface area contributed by atoms with Gasteiger partial charge in [-0.3, -0.25) is 4.79 Å². The van der Waals surface area contributed by atoms with Crippen LogP contribution in [0.3, 0.4) is 0 Å². The quantitative estimate of drug-likeness (QED) is 0.517. The molecule has 0 radical (unpaired) electrons. The summed E-state index contributed by atoms with van der Waals surface area (Å²) in [5.74, 6) is 1.96. The van der Waals surface area contributed by atoms with Crippen molar-refractivity contribution in [3.63, 3.8) is 0 Å². The zero-order chi connectivity index (χ0) is 22.2. The molecule has 0 spiro atoms. The van der Waals surface area contributed by atoms with Gasteiger partial charge < -0.3 is 20.3 Å². The van der Waals surface area contributed by atoms with Gasteiger partial charge in [-0.15, -0.1) is 0 Å². The Hall–Kier alpha value is -3.02. The second-order valence-electron chi connectivity index (χ2n) is 8.47. The largest absolute Gasteiger partial charge is 0.493 e. The van der Waals surface area contributed by atoms with Crippen LogP contribution in [-0.4, -0.2) is 49.6 Å². The molecular formula is C26H34N4O2. The molecule has 0 aliphatic carbocycles. The molecule has 0 aromatic heterocycles. The highest BCUT2D eigenvalue weighted by Gasteiger charge is 2.18. The molecule has 1 fully saturated rings. The maximum absolute atomic E-state index is 12.8. The monoisotopic (exact) mass is 434 g/mol. The van der Waals surface area contributed by atoms with E-state index < -0.39 is 0 Å². The zero-order valence-electron chi connectivity index (χ0n) is 19.0. The number of nitrogens with zero attached hydrogens (tertiary/aromatic N) is 2. The highest BCUT2D eigenvalue weighted by molar-refractivity contribution is 5.94. The van der Waals surface area contributed by atoms with Crippen LogP contribution in [0.25, 0.3) is 0 Å². The highest BCUT2D eigenvalue weighted by atomic mass is 16.5. The van der Waals surface area contributed by atoms with Crippen LogP contribution in [-0.2, 0) is 19.4 Å². The van der Waals surface area contributed by atoms with Crippen LogP contribution in [0.15, 0.2) is 47.5 Å². The highest BCUT2D eigenvalue weighted by Crippen LogP contribution is 2.25. The molecule has 0 unspecified atom stereocenters. The Kier molecular flexibility index (Phi) is 7.64. The molecule has 2 aromatic rings. The molecule has 2 aliphatic rings. The van der Waals surface area contributed by atoms with Gasteiger partial charge in [0.15, 0.2) is 5.96 Å². The van der Waals surface area contributed by atoms with Crippen LogP contribution in [0.5, 0.6) is 5.75 Å². The molecule has 6 nitrogen and oxygen atoms in total. The lowest BCUT2D eigenvalue weighted by Crippen LogP contribution is -2.38. The third-order valence-electron chi connectivity index (χ3n) is 6.04. The van der Waals surface area contributed by atoms with Gasteiger partial charge in [0.2, 0.25) is 0 Å². The van der Waals surface area contributed by atoms with E-state index in [1.807, 2.05) is 29.2 Å². The van der Waals surface area contributed by atoms with Gasteiger partial charge in [-0.05, 0) is 67.5 Å². The van der Waals surface area contributed by atoms with Gasteiger partial charge in [-0.1, -0.05) is 24.3 Å². The molecular weight excluding hydrogens is 400 g/mol. The van der Waals surface area contributed by atoms with E-state index in [-0.39, 0.29) is 5.91 Å². The van der Waals surface area contributed by atoms with E-state index in [1.54, 1.807) is 0 Å². The topological polar surface area (TPSA) is 66.0 Å². The third-order valence-corrected chi connectivity index (χ3v) is 6.04. The van der Waals surface area contributed by atoms with Crippen molar-refractivity contribution in [3.8, 4) is 5.75 Å². The number of carbonyl (C=O) groups is 1. The van der Waals surface area contributed by atoms with E-state index in [9.17, 15) is 4.79 Å². The number of nitrogens with one attached hydrogen (secondary N) is 2. The number of likely N-dealkylation sites (tertiary alicyclic amines) is 1. The Balaban J connectivity index is 1.33. The molecule has 4 rings (SSSR count). The van der Waals surface area contributed by atoms with E-state index in [0.29, 0.717) is 6.54 Å². The van der Waals surface area contributed by atoms with Gasteiger partial charge in [0.1, 0.15) is 5.75 Å². The predicted molar refractivity (Wildman–Crippen MR) is 128 cm³/mol. The summed E-state index contributed by atoms with van der Waals surface area (Å²) >= 11 is 0. The Bertz CT molecular complexity index is 951. The van der Waals surface area contributed by atoms with Crippen molar-refractivity contribution >= 4 is 11.9 Å². The molecule has 2 heterocycles. The molecule has 2 aliphatic heterocycles. The van der Waals surface area contributed by atoms with E-state index >= 15 is 0 Å². The maximum Gasteiger partial charge on any atom is 0.253 e. The molecule has 2 N–H and O–H groups in total. The standard InChI is InChI=1S/C26H34N4O2/c1-2-27-26(28-13-11-20-9-10-24-22(17-20)12-16-32-24)29-19-21-7-6-8-23(18-21)25(31)30-14-4-3-5-15-30/h6-10,17-18H,2-5,11-16,19H2,1H3,(H2,27,28,29). The zero-order valence-corrected chi connectivity index (χ0v) is 19.0. The van der Waals surface area contributed by atoms with Gasteiger partial charge in [0, 0.05) is 38.2 Å². The first kappa shape index (κ1) is 22.2. The van der Waals surface area contributed by atoms with Crippen LogP contribution in [0, 0.1) is 0 Å². The minimum absolute atomic E-state index is 0.139. The number of aliphatic imine (C=N–C) groups is 1. The summed E-state index contributed by atoms with van der Waals surface area (Å²) in [6.45, 7) is 6.73. The smallest absolute Gasteiger partial charge is 0.253 e. The summed E-state index contributed by atoms with van der Waals surface area (Å²) in [6, 6.07) is 14.4. The molecule has 0 atom stereocenters. The minimum atomic E-state index is 0.139. The van der Waals surface area contributed by atoms with E-state index in [1.165, 1.54) is 17.5 Å². The lowest BCUT2D eigenvalue weighted by atomic mass is 10.1. The van der Waals surface area contributed by atoms with Gasteiger partial charge in [0.05, 0.1) is 13.2 Å². The van der Waals surface area contributed by atoms with Crippen LogP contribution in [0.1, 0.15) is 53.2 Å². The van der Waals surface area contributed by atoms with Crippen molar-refractivity contribution in [2.75, 3.05) is 32.8 Å². The fraction of sp³-hybridized carbons (Fsp3) is 0.462. The number of ether oxygens (including phenoxy) is 1. The van der Waals surface area contributed by atoms with Crippen molar-refractivity contribution in [3.05, 3.63) is 64.7 Å². The molecule has 2 aromatic carbocycles. The van der Waals surface area contributed by atoms with Crippen LogP contribution < -0.4 is 15.4 Å². The van der Waals surface area contributed by atoms with Crippen molar-refractivity contribution in [1.82, 2.24) is 15.5 Å². The summed E-state index contributed by atoms with van der Waals surface area (Å²) < 4.78 is 5.59. The summed E-state index contributed by atoms with van der Waals surface area (Å²) in [5, 5.41) is 6.74. The Morgan fingerprint density at radius 3 is 2.78 bits per heavy atom. The van der Waals surface area contributed by atoms with Gasteiger partial charge in [-0.2, -0.15) is 0 Å². The lowest BCUT2D eigenvalue weighted by Gasteiger charge is -2.26. The minimum Gasteiger partial charge on any atom is -0.493 e. The summed E-state index contributed by atoms with van der Waals surface area (Å²) in [6.07, 6.45) is 5.36. The first-order valence-corrected chi connectivity index (χ1v) is 11.9. The first-order chi connectivity index (χ1) is 15.7. The molecule has 32 heavy (non-hydrogen) atoms. The molecule has 0 saturated carbocycles. The molecule has 170 valence electrons. The number of hydrogen-bond acceptors (Lipinski definition) is 3. The summed E-state index contributed by atoms with van der Waals surface area (Å²) in [5.41, 5.74) is 4.42. The van der Waals surface area contributed by atoms with Gasteiger partial charge >= 0.3 is 0 Å². The Morgan fingerprint density at radius 2 is 1.94 bits per heavy atom. The van der Waals surface area contributed by atoms with Gasteiger partial charge in [0.25, 0.3) is 5.91 Å². The van der Waals surface area contributed by atoms with E-state index in [0.717, 1.165) is 81.3 Å². The average Bonchev–Trinajstić information content (AvgIpc) is 3.31. The van der Waals surface area contributed by atoms with Crippen LogP contribution in [0.4, 0.5) is 0 Å². The number of amides is 1. The number of piperidine rings is 1. The molecule has 6 heteroatoms. The van der Waals surface area contributed by atoms with Gasteiger partial charge in [-0.25, -0.2) is 4.99 Å². The number of hydrogen-bond donors (Lipinski definition) is 2. The fourth-order valence-corrected chi connectivity index (χ4v) is 4.32. The van der Waals surface area contributed by atoms with Crippen LogP contribution in [0.2, 0.25) is 0 Å². The van der Waals surface area contributed by atoms with Crippen molar-refractivity contribution in [2.45, 2.75) is 45.6 Å². The van der Waals surface area contributed by atoms with E-state index in [4.69, 9.17) is 9.73 Å². The number of fused-ring (bicyclic) bond motifs is 1. The summed E-state index contributed by atoms with van der Waals surface area (Å²) in [4.78, 5) is 19.5. The normalized spacial score (nSPS) is 15.8. The molecule has 0 bridgehead atoms. The molecule has 1 saturated heterocycles. The van der Waals surface area contributed by atoms with Crippen molar-refractivity contribution in [1.29, 1.82) is 0 Å². The van der Waals surface area contributed by atoms with E-state index in [2.05, 4.69) is 35.8 Å². The fourth-order valence-electron chi connectivity index (χ4n) is 4.32. The number of guanidine groups is 1. The number of rotatable bonds is 7. The number of benzene rings is 2. The lowest BCUT2D eigenvalue weighted by molar-refractivity contribution is 0.0724. The Morgan fingerprint density at radius 1 is 1.06 bits per heavy atom. The first-order valence-electron chi connectivity index (χ1n) is 11.9. The predicted octanol–water partition coefficient (Wildman–Crippen LogP) is 3.55. The average molecular weight is 435 g/mol. The van der Waals surface area contributed by atoms with Crippen molar-refractivity contribution in [2.24, 2.45) is 4.99 Å². The molecule has 1 amide bonds. The van der Waals surface area contributed by atoms with Crippen molar-refractivity contribution < 1.29 is 9.53 Å².